The van der Waals surface area contributed by atoms with Gasteiger partial charge in [0.25, 0.3) is 0 Å². The number of para-hydroxylation sites is 1. The van der Waals surface area contributed by atoms with Crippen molar-refractivity contribution < 1.29 is 4.74 Å². The summed E-state index contributed by atoms with van der Waals surface area (Å²) in [5.41, 5.74) is 6.49. The summed E-state index contributed by atoms with van der Waals surface area (Å²) in [5, 5.41) is 23.1. The number of nitrogens with one attached hydrogen (secondary N) is 4. The highest BCUT2D eigenvalue weighted by atomic mass is 16.5. The molecule has 46 heavy (non-hydrogen) atoms. The number of hydrogen-bond acceptors (Lipinski definition) is 7. The van der Waals surface area contributed by atoms with Crippen LogP contribution in [0.1, 0.15) is 5.56 Å². The number of rotatable bonds is 10. The van der Waals surface area contributed by atoms with Crippen LogP contribution in [0.3, 0.4) is 0 Å². The molecule has 4 N–H and O–H groups in total. The van der Waals surface area contributed by atoms with Crippen LogP contribution >= 0.6 is 0 Å². The molecule has 0 amide bonds. The quantitative estimate of drug-likeness (QED) is 0.174. The second-order valence-electron chi connectivity index (χ2n) is 10.9. The van der Waals surface area contributed by atoms with Gasteiger partial charge >= 0.3 is 11.4 Å². The normalized spacial score (nSPS) is 11.9. The Morgan fingerprint density at radius 2 is 1.54 bits per heavy atom. The number of nitrogens with zero attached hydrogens (tertiary/aromatic N) is 5. The third-order valence-electron chi connectivity index (χ3n) is 8.02. The van der Waals surface area contributed by atoms with E-state index in [1.165, 1.54) is 9.13 Å². The van der Waals surface area contributed by atoms with Crippen LogP contribution in [0.5, 0.6) is 5.75 Å². The predicted octanol–water partition coefficient (Wildman–Crippen LogP) is 4.67. The molecule has 0 saturated heterocycles. The molecule has 4 heterocycles. The Hall–Kier alpha value is -6.53. The molecule has 0 aliphatic heterocycles. The van der Waals surface area contributed by atoms with E-state index in [1.54, 1.807) is 12.4 Å². The molecule has 226 valence electrons. The first-order valence-electron chi connectivity index (χ1n) is 14.6. The molecule has 7 aromatic rings. The van der Waals surface area contributed by atoms with Crippen LogP contribution in [0, 0.1) is 22.7 Å². The summed E-state index contributed by atoms with van der Waals surface area (Å²) in [6, 6.07) is 25.0. The highest BCUT2D eigenvalue weighted by molar-refractivity contribution is 5.84. The van der Waals surface area contributed by atoms with Crippen LogP contribution in [-0.2, 0) is 19.5 Å². The standard InChI is InChI=1S/C34H27N9O3/c35-9-11-42-31-15-21(5-7-29(31)40-33(42)44)22-14-26(19-37-17-22)46-20-25(13-23-18-38-28-4-2-1-3-27(23)28)39-24-6-8-30-32(16-24)43(12-10-36)34(45)41-30/h1-8,14-19,25,38-39H,11-13,20H2,(H,40,44)(H,41,45)/t25-/m0/s1. The zero-order chi connectivity index (χ0) is 31.6. The molecule has 12 nitrogen and oxygen atoms in total. The summed E-state index contributed by atoms with van der Waals surface area (Å²) in [4.78, 5) is 38.0. The molecule has 0 unspecified atom stereocenters. The molecule has 12 heteroatoms. The lowest BCUT2D eigenvalue weighted by Gasteiger charge is -2.21. The van der Waals surface area contributed by atoms with Gasteiger partial charge in [-0.2, -0.15) is 10.5 Å². The van der Waals surface area contributed by atoms with Crippen molar-refractivity contribution >= 4 is 38.7 Å². The molecule has 1 atom stereocenters. The van der Waals surface area contributed by atoms with E-state index in [9.17, 15) is 20.1 Å². The topological polar surface area (TPSA) is 173 Å². The fourth-order valence-corrected chi connectivity index (χ4v) is 5.84. The number of aromatic nitrogens is 6. The lowest BCUT2D eigenvalue weighted by Crippen LogP contribution is -2.29. The summed E-state index contributed by atoms with van der Waals surface area (Å²) in [7, 11) is 0. The average molecular weight is 610 g/mol. The largest absolute Gasteiger partial charge is 0.490 e. The molecule has 0 spiro atoms. The van der Waals surface area contributed by atoms with Crippen molar-refractivity contribution in [3.8, 4) is 29.0 Å². The molecular weight excluding hydrogens is 582 g/mol. The van der Waals surface area contributed by atoms with Crippen LogP contribution in [-0.4, -0.2) is 41.7 Å². The number of imidazole rings is 2. The Kier molecular flexibility index (Phi) is 7.29. The Balaban J connectivity index is 1.17. The van der Waals surface area contributed by atoms with E-state index in [0.717, 1.165) is 33.3 Å². The average Bonchev–Trinajstić information content (AvgIpc) is 3.72. The zero-order valence-electron chi connectivity index (χ0n) is 24.4. The number of pyridine rings is 1. The van der Waals surface area contributed by atoms with E-state index in [2.05, 4.69) is 31.3 Å². The number of anilines is 1. The number of nitriles is 2. The molecule has 7 rings (SSSR count). The zero-order valence-corrected chi connectivity index (χ0v) is 24.4. The van der Waals surface area contributed by atoms with Gasteiger partial charge in [0.15, 0.2) is 0 Å². The van der Waals surface area contributed by atoms with Gasteiger partial charge in [0.1, 0.15) is 25.4 Å². The maximum Gasteiger partial charge on any atom is 0.327 e. The van der Waals surface area contributed by atoms with E-state index in [-0.39, 0.29) is 30.5 Å². The maximum absolute atomic E-state index is 12.4. The Morgan fingerprint density at radius 1 is 0.826 bits per heavy atom. The first-order chi connectivity index (χ1) is 22.5. The Labute approximate surface area is 261 Å². The van der Waals surface area contributed by atoms with Gasteiger partial charge in [-0.1, -0.05) is 24.3 Å². The molecule has 3 aromatic carbocycles. The van der Waals surface area contributed by atoms with Gasteiger partial charge in [0, 0.05) is 34.5 Å². The number of fused-ring (bicyclic) bond motifs is 3. The van der Waals surface area contributed by atoms with E-state index >= 15 is 0 Å². The number of aromatic amines is 3. The fourth-order valence-electron chi connectivity index (χ4n) is 5.84. The number of ether oxygens (including phenoxy) is 1. The van der Waals surface area contributed by atoms with Crippen molar-refractivity contribution in [3.05, 3.63) is 112 Å². The molecular formula is C34H27N9O3. The SMILES string of the molecule is N#CCn1c(=O)[nH]c2ccc(N[C@H](COc3cncc(-c4ccc5[nH]c(=O)n(CC#N)c5c4)c3)Cc3c[nH]c4ccccc34)cc21. The molecule has 4 aromatic heterocycles. The van der Waals surface area contributed by atoms with Gasteiger partial charge in [-0.25, -0.2) is 9.59 Å². The first-order valence-corrected chi connectivity index (χ1v) is 14.6. The van der Waals surface area contributed by atoms with Gasteiger partial charge < -0.3 is 25.0 Å². The lowest BCUT2D eigenvalue weighted by molar-refractivity contribution is 0.295. The molecule has 0 saturated carbocycles. The number of H-pyrrole nitrogens is 3. The second kappa shape index (κ2) is 11.9. The second-order valence-corrected chi connectivity index (χ2v) is 10.9. The predicted molar refractivity (Wildman–Crippen MR) is 174 cm³/mol. The van der Waals surface area contributed by atoms with Crippen LogP contribution in [0.15, 0.2) is 94.9 Å². The summed E-state index contributed by atoms with van der Waals surface area (Å²) in [6.45, 7) is 0.183. The van der Waals surface area contributed by atoms with Crippen LogP contribution in [0.25, 0.3) is 44.1 Å². The highest BCUT2D eigenvalue weighted by Gasteiger charge is 2.16. The minimum atomic E-state index is -0.332. The summed E-state index contributed by atoms with van der Waals surface area (Å²) in [5.74, 6) is 0.566. The molecule has 0 aliphatic rings. The molecule has 0 fully saturated rings. The van der Waals surface area contributed by atoms with Crippen LogP contribution in [0.2, 0.25) is 0 Å². The number of hydrogen-bond donors (Lipinski definition) is 4. The van der Waals surface area contributed by atoms with Gasteiger partial charge in [-0.05, 0) is 60.0 Å². The van der Waals surface area contributed by atoms with Crippen molar-refractivity contribution in [1.82, 2.24) is 29.1 Å². The first kappa shape index (κ1) is 28.3. The summed E-state index contributed by atoms with van der Waals surface area (Å²) >= 11 is 0. The maximum atomic E-state index is 12.4. The van der Waals surface area contributed by atoms with Crippen molar-refractivity contribution in [1.29, 1.82) is 10.5 Å². The van der Waals surface area contributed by atoms with E-state index in [1.807, 2.05) is 79.0 Å². The molecule has 0 radical (unpaired) electrons. The van der Waals surface area contributed by atoms with Crippen molar-refractivity contribution in [2.45, 2.75) is 25.6 Å². The smallest absolute Gasteiger partial charge is 0.327 e. The van der Waals surface area contributed by atoms with Gasteiger partial charge in [0.2, 0.25) is 0 Å². The van der Waals surface area contributed by atoms with Gasteiger partial charge in [0.05, 0.1) is 46.4 Å². The van der Waals surface area contributed by atoms with Crippen LogP contribution in [0.4, 0.5) is 5.69 Å². The van der Waals surface area contributed by atoms with E-state index in [4.69, 9.17) is 4.74 Å². The third-order valence-corrected chi connectivity index (χ3v) is 8.02. The minimum absolute atomic E-state index is 0.0537. The van der Waals surface area contributed by atoms with E-state index < -0.39 is 0 Å². The highest BCUT2D eigenvalue weighted by Crippen LogP contribution is 2.27. The van der Waals surface area contributed by atoms with Gasteiger partial charge in [-0.3, -0.25) is 14.1 Å². The summed E-state index contributed by atoms with van der Waals surface area (Å²) in [6.07, 6.45) is 6.01. The lowest BCUT2D eigenvalue weighted by atomic mass is 10.0. The van der Waals surface area contributed by atoms with E-state index in [0.29, 0.717) is 40.8 Å². The summed E-state index contributed by atoms with van der Waals surface area (Å²) < 4.78 is 9.14. The monoisotopic (exact) mass is 609 g/mol. The third kappa shape index (κ3) is 5.36. The van der Waals surface area contributed by atoms with Crippen molar-refractivity contribution in [3.63, 3.8) is 0 Å². The van der Waals surface area contributed by atoms with Gasteiger partial charge in [-0.15, -0.1) is 0 Å². The fraction of sp³-hybridized carbons (Fsp3) is 0.147. The van der Waals surface area contributed by atoms with Crippen molar-refractivity contribution in [2.75, 3.05) is 11.9 Å². The Morgan fingerprint density at radius 3 is 2.30 bits per heavy atom. The minimum Gasteiger partial charge on any atom is -0.490 e. The number of benzene rings is 3. The molecule has 0 bridgehead atoms. The Bertz CT molecular complexity index is 2430. The van der Waals surface area contributed by atoms with Crippen molar-refractivity contribution in [2.24, 2.45) is 0 Å². The van der Waals surface area contributed by atoms with Crippen LogP contribution < -0.4 is 21.4 Å². The molecule has 0 aliphatic carbocycles.